The van der Waals surface area contributed by atoms with Gasteiger partial charge >= 0.3 is 12.0 Å². The predicted octanol–water partition coefficient (Wildman–Crippen LogP) is 4.14. The Labute approximate surface area is 195 Å². The van der Waals surface area contributed by atoms with Gasteiger partial charge in [0, 0.05) is 30.9 Å². The van der Waals surface area contributed by atoms with Crippen molar-refractivity contribution in [2.75, 3.05) is 11.4 Å². The van der Waals surface area contributed by atoms with Crippen molar-refractivity contribution in [3.05, 3.63) is 75.5 Å². The van der Waals surface area contributed by atoms with Crippen LogP contribution in [0.2, 0.25) is 0 Å². The molecule has 0 spiro atoms. The number of aryl methyl sites for hydroxylation is 2. The van der Waals surface area contributed by atoms with Gasteiger partial charge in [-0.2, -0.15) is 0 Å². The van der Waals surface area contributed by atoms with Crippen LogP contribution in [-0.4, -0.2) is 33.3 Å². The second-order valence-electron chi connectivity index (χ2n) is 7.98. The van der Waals surface area contributed by atoms with Gasteiger partial charge in [0.15, 0.2) is 5.69 Å². The number of carboxylic acid groups (broad SMARTS) is 1. The van der Waals surface area contributed by atoms with Gasteiger partial charge in [0.05, 0.1) is 12.1 Å². The molecule has 2 aromatic carbocycles. The summed E-state index contributed by atoms with van der Waals surface area (Å²) in [5.74, 6) is -2.06. The molecule has 34 heavy (non-hydrogen) atoms. The number of amides is 2. The summed E-state index contributed by atoms with van der Waals surface area (Å²) in [6, 6.07) is 10.2. The molecule has 9 heteroatoms. The van der Waals surface area contributed by atoms with Crippen molar-refractivity contribution in [2.24, 2.45) is 7.05 Å². The van der Waals surface area contributed by atoms with Gasteiger partial charge in [-0.25, -0.2) is 9.18 Å². The van der Waals surface area contributed by atoms with Crippen LogP contribution in [0.1, 0.15) is 23.2 Å². The number of carbonyl (C=O) groups excluding carboxylic acids is 1. The number of nitrogens with one attached hydrogen (secondary N) is 1. The van der Waals surface area contributed by atoms with Crippen LogP contribution in [0, 0.1) is 26.6 Å². The van der Waals surface area contributed by atoms with E-state index in [1.54, 1.807) is 26.0 Å². The smallest absolute Gasteiger partial charge is 0.326 e. The van der Waals surface area contributed by atoms with Gasteiger partial charge in [0.25, 0.3) is 5.56 Å². The number of carboxylic acids is 1. The summed E-state index contributed by atoms with van der Waals surface area (Å²) in [6.45, 7) is 4.87. The fraction of sp³-hybridized carbons (Fsp3) is 0.240. The average molecular weight is 467 g/mol. The van der Waals surface area contributed by atoms with Crippen molar-refractivity contribution in [1.29, 1.82) is 0 Å². The van der Waals surface area contributed by atoms with Gasteiger partial charge in [-0.1, -0.05) is 24.3 Å². The van der Waals surface area contributed by atoms with E-state index >= 15 is 4.39 Å². The molecule has 0 unspecified atom stereocenters. The van der Waals surface area contributed by atoms with Crippen LogP contribution >= 0.6 is 0 Å². The number of pyridine rings is 1. The molecule has 0 fully saturated rings. The Hall–Kier alpha value is -4.14. The molecule has 1 aromatic heterocycles. The van der Waals surface area contributed by atoms with Crippen molar-refractivity contribution in [3.63, 3.8) is 0 Å². The summed E-state index contributed by atoms with van der Waals surface area (Å²) < 4.78 is 16.3. The minimum absolute atomic E-state index is 0.170. The number of rotatable bonds is 6. The Morgan fingerprint density at radius 2 is 1.79 bits per heavy atom. The maximum atomic E-state index is 15.0. The Balaban J connectivity index is 2.27. The van der Waals surface area contributed by atoms with E-state index in [2.05, 4.69) is 5.32 Å². The summed E-state index contributed by atoms with van der Waals surface area (Å²) in [4.78, 5) is 38.2. The molecule has 8 nitrogen and oxygen atoms in total. The number of hydrogen-bond acceptors (Lipinski definition) is 4. The van der Waals surface area contributed by atoms with Gasteiger partial charge in [0.2, 0.25) is 0 Å². The van der Waals surface area contributed by atoms with Crippen molar-refractivity contribution in [3.8, 4) is 16.9 Å². The Morgan fingerprint density at radius 1 is 1.12 bits per heavy atom. The lowest BCUT2D eigenvalue weighted by Gasteiger charge is -2.27. The molecule has 0 radical (unpaired) electrons. The molecule has 0 atom stereocenters. The number of urea groups is 1. The van der Waals surface area contributed by atoms with Crippen molar-refractivity contribution >= 4 is 23.4 Å². The van der Waals surface area contributed by atoms with E-state index in [-0.39, 0.29) is 29.9 Å². The third kappa shape index (κ3) is 4.63. The lowest BCUT2D eigenvalue weighted by atomic mass is 9.94. The van der Waals surface area contributed by atoms with Crippen LogP contribution in [0.15, 0.2) is 47.3 Å². The van der Waals surface area contributed by atoms with Crippen molar-refractivity contribution in [2.45, 2.75) is 27.2 Å². The summed E-state index contributed by atoms with van der Waals surface area (Å²) in [7, 11) is 1.50. The standard InChI is InChI=1S/C25H26FN3O5/c1-14-7-5-6-8-17(14)22-16(3)19(10-9-18(22)26)29(25(34)27-12-11-21(31)32)23-20(30)13-15(2)28(4)24(23)33/h5-10,13,30H,11-12H2,1-4H3,(H,27,34)(H,31,32). The number of hydrogen-bond donors (Lipinski definition) is 3. The second kappa shape index (κ2) is 9.78. The highest BCUT2D eigenvalue weighted by Gasteiger charge is 2.28. The fourth-order valence-electron chi connectivity index (χ4n) is 3.78. The zero-order chi connectivity index (χ0) is 25.2. The quantitative estimate of drug-likeness (QED) is 0.504. The Morgan fingerprint density at radius 3 is 2.44 bits per heavy atom. The number of carbonyl (C=O) groups is 2. The number of benzene rings is 2. The highest BCUT2D eigenvalue weighted by atomic mass is 19.1. The zero-order valence-electron chi connectivity index (χ0n) is 19.3. The van der Waals surface area contributed by atoms with E-state index in [1.165, 1.54) is 29.8 Å². The number of halogens is 1. The fourth-order valence-corrected chi connectivity index (χ4v) is 3.78. The minimum atomic E-state index is -1.11. The van der Waals surface area contributed by atoms with E-state index in [0.717, 1.165) is 10.5 Å². The summed E-state index contributed by atoms with van der Waals surface area (Å²) in [5.41, 5.74) is 1.71. The Kier molecular flexibility index (Phi) is 7.05. The molecule has 3 aromatic rings. The molecule has 0 saturated heterocycles. The first-order valence-corrected chi connectivity index (χ1v) is 10.6. The zero-order valence-corrected chi connectivity index (χ0v) is 19.3. The first kappa shape index (κ1) is 24.5. The normalized spacial score (nSPS) is 10.7. The molecular formula is C25H26FN3O5. The number of aromatic hydroxyl groups is 1. The number of aromatic nitrogens is 1. The van der Waals surface area contributed by atoms with Crippen LogP contribution in [0.5, 0.6) is 5.75 Å². The van der Waals surface area contributed by atoms with E-state index in [0.29, 0.717) is 16.8 Å². The molecule has 0 aliphatic carbocycles. The highest BCUT2D eigenvalue weighted by molar-refractivity contribution is 6.02. The van der Waals surface area contributed by atoms with E-state index < -0.39 is 29.1 Å². The molecule has 178 valence electrons. The van der Waals surface area contributed by atoms with Gasteiger partial charge in [-0.3, -0.25) is 14.5 Å². The molecule has 0 saturated carbocycles. The second-order valence-corrected chi connectivity index (χ2v) is 7.98. The van der Waals surface area contributed by atoms with Crippen LogP contribution in [0.25, 0.3) is 11.1 Å². The molecule has 3 N–H and O–H groups in total. The number of aliphatic carboxylic acids is 1. The van der Waals surface area contributed by atoms with Crippen molar-refractivity contribution in [1.82, 2.24) is 9.88 Å². The maximum Gasteiger partial charge on any atom is 0.326 e. The highest BCUT2D eigenvalue weighted by Crippen LogP contribution is 2.39. The van der Waals surface area contributed by atoms with E-state index in [1.807, 2.05) is 19.1 Å². The van der Waals surface area contributed by atoms with Crippen LogP contribution < -0.4 is 15.8 Å². The van der Waals surface area contributed by atoms with Gasteiger partial charge < -0.3 is 20.1 Å². The SMILES string of the molecule is Cc1ccccc1-c1c(F)ccc(N(C(=O)NCCC(=O)O)c2c(O)cc(C)n(C)c2=O)c1C. The molecule has 0 bridgehead atoms. The minimum Gasteiger partial charge on any atom is -0.505 e. The molecule has 0 aliphatic rings. The van der Waals surface area contributed by atoms with Crippen LogP contribution in [0.4, 0.5) is 20.6 Å². The lowest BCUT2D eigenvalue weighted by molar-refractivity contribution is -0.136. The summed E-state index contributed by atoms with van der Waals surface area (Å²) in [6.07, 6.45) is -0.339. The molecule has 3 rings (SSSR count). The topological polar surface area (TPSA) is 112 Å². The maximum absolute atomic E-state index is 15.0. The molecule has 1 heterocycles. The summed E-state index contributed by atoms with van der Waals surface area (Å²) >= 11 is 0. The van der Waals surface area contributed by atoms with Gasteiger partial charge in [-0.05, 0) is 49.6 Å². The van der Waals surface area contributed by atoms with E-state index in [9.17, 15) is 19.5 Å². The monoisotopic (exact) mass is 467 g/mol. The van der Waals surface area contributed by atoms with Crippen LogP contribution in [0.3, 0.4) is 0 Å². The molecule has 2 amide bonds. The predicted molar refractivity (Wildman–Crippen MR) is 127 cm³/mol. The Bertz CT molecular complexity index is 1330. The largest absolute Gasteiger partial charge is 0.505 e. The average Bonchev–Trinajstić information content (AvgIpc) is 2.77. The lowest BCUT2D eigenvalue weighted by Crippen LogP contribution is -2.41. The molecule has 0 aliphatic heterocycles. The third-order valence-electron chi connectivity index (χ3n) is 5.71. The summed E-state index contributed by atoms with van der Waals surface area (Å²) in [5, 5.41) is 22.0. The van der Waals surface area contributed by atoms with E-state index in [4.69, 9.17) is 5.11 Å². The number of nitrogens with zero attached hydrogens (tertiary/aromatic N) is 2. The van der Waals surface area contributed by atoms with Crippen molar-refractivity contribution < 1.29 is 24.2 Å². The van der Waals surface area contributed by atoms with Gasteiger partial charge in [0.1, 0.15) is 11.6 Å². The van der Waals surface area contributed by atoms with Crippen LogP contribution in [-0.2, 0) is 11.8 Å². The number of anilines is 2. The first-order chi connectivity index (χ1) is 16.0. The van der Waals surface area contributed by atoms with Gasteiger partial charge in [-0.15, -0.1) is 0 Å². The molecular weight excluding hydrogens is 441 g/mol. The first-order valence-electron chi connectivity index (χ1n) is 10.6. The third-order valence-corrected chi connectivity index (χ3v) is 5.71.